The van der Waals surface area contributed by atoms with Crippen molar-refractivity contribution >= 4 is 6.03 Å². The zero-order chi connectivity index (χ0) is 19.1. The molecule has 2 fully saturated rings. The Hall–Kier alpha value is -2.34. The topological polar surface area (TPSA) is 89.9 Å². The lowest BCUT2D eigenvalue weighted by atomic mass is 10.1. The van der Waals surface area contributed by atoms with Crippen LogP contribution in [0.1, 0.15) is 5.56 Å². The number of urea groups is 1. The molecule has 27 heavy (non-hydrogen) atoms. The third-order valence-electron chi connectivity index (χ3n) is 4.85. The van der Waals surface area contributed by atoms with Gasteiger partial charge >= 0.3 is 6.03 Å². The summed E-state index contributed by atoms with van der Waals surface area (Å²) in [6, 6.07) is 8.95. The van der Waals surface area contributed by atoms with E-state index >= 15 is 0 Å². The Morgan fingerprint density at radius 1 is 1.33 bits per heavy atom. The van der Waals surface area contributed by atoms with Crippen molar-refractivity contribution in [2.75, 3.05) is 59.5 Å². The van der Waals surface area contributed by atoms with Gasteiger partial charge in [0.15, 0.2) is 0 Å². The van der Waals surface area contributed by atoms with Crippen molar-refractivity contribution in [1.29, 1.82) is 5.26 Å². The van der Waals surface area contributed by atoms with Gasteiger partial charge in [0.1, 0.15) is 12.4 Å². The minimum atomic E-state index is -0.103. The molecule has 2 unspecified atom stereocenters. The highest BCUT2D eigenvalue weighted by Crippen LogP contribution is 2.14. The number of fused-ring (bicyclic) bond motifs is 2. The molecule has 1 aromatic carbocycles. The maximum Gasteiger partial charge on any atom is 0.317 e. The van der Waals surface area contributed by atoms with E-state index in [0.717, 1.165) is 32.7 Å². The van der Waals surface area contributed by atoms with Gasteiger partial charge in [-0.05, 0) is 24.3 Å². The first-order chi connectivity index (χ1) is 13.2. The van der Waals surface area contributed by atoms with Crippen LogP contribution in [0.25, 0.3) is 0 Å². The van der Waals surface area contributed by atoms with Crippen LogP contribution >= 0.6 is 0 Å². The molecule has 2 N–H and O–H groups in total. The van der Waals surface area contributed by atoms with E-state index in [4.69, 9.17) is 14.7 Å². The molecule has 8 heteroatoms. The second-order valence-electron chi connectivity index (χ2n) is 6.82. The summed E-state index contributed by atoms with van der Waals surface area (Å²) in [5.74, 6) is 0.694. The third-order valence-corrected chi connectivity index (χ3v) is 4.85. The van der Waals surface area contributed by atoms with Gasteiger partial charge in [-0.2, -0.15) is 5.26 Å². The molecule has 2 saturated heterocycles. The van der Waals surface area contributed by atoms with Gasteiger partial charge in [-0.25, -0.2) is 4.79 Å². The van der Waals surface area contributed by atoms with Crippen LogP contribution < -0.4 is 15.4 Å². The summed E-state index contributed by atoms with van der Waals surface area (Å²) >= 11 is 0. The van der Waals surface area contributed by atoms with Gasteiger partial charge in [-0.1, -0.05) is 0 Å². The zero-order valence-electron chi connectivity index (χ0n) is 15.7. The highest BCUT2D eigenvalue weighted by molar-refractivity contribution is 5.73. The summed E-state index contributed by atoms with van der Waals surface area (Å²) in [6.07, 6.45) is 0.483. The predicted molar refractivity (Wildman–Crippen MR) is 101 cm³/mol. The van der Waals surface area contributed by atoms with E-state index in [1.165, 1.54) is 0 Å². The number of amides is 2. The number of benzene rings is 1. The van der Waals surface area contributed by atoms with Crippen LogP contribution in [0.5, 0.6) is 5.75 Å². The normalized spacial score (nSPS) is 21.9. The van der Waals surface area contributed by atoms with E-state index in [2.05, 4.69) is 21.6 Å². The Morgan fingerprint density at radius 3 is 2.67 bits per heavy atom. The fraction of sp³-hybridized carbons (Fsp3) is 0.579. The fourth-order valence-corrected chi connectivity index (χ4v) is 3.46. The molecule has 0 aliphatic carbocycles. The average Bonchev–Trinajstić information content (AvgIpc) is 2.70. The van der Waals surface area contributed by atoms with Crippen molar-refractivity contribution in [1.82, 2.24) is 20.4 Å². The minimum absolute atomic E-state index is 0.103. The van der Waals surface area contributed by atoms with Gasteiger partial charge in [0.05, 0.1) is 30.4 Å². The number of rotatable bonds is 7. The smallest absolute Gasteiger partial charge is 0.317 e. The van der Waals surface area contributed by atoms with E-state index in [0.29, 0.717) is 31.0 Å². The number of carbonyl (C=O) groups excluding carboxylic acids is 1. The van der Waals surface area contributed by atoms with Gasteiger partial charge in [0.25, 0.3) is 0 Å². The highest BCUT2D eigenvalue weighted by atomic mass is 16.5. The molecule has 2 atom stereocenters. The lowest BCUT2D eigenvalue weighted by Gasteiger charge is -2.42. The summed E-state index contributed by atoms with van der Waals surface area (Å²) in [7, 11) is 1.64. The predicted octanol–water partition coefficient (Wildman–Crippen LogP) is 0.251. The monoisotopic (exact) mass is 373 g/mol. The molecule has 1 aromatic rings. The van der Waals surface area contributed by atoms with Crippen molar-refractivity contribution < 1.29 is 14.3 Å². The molecule has 2 aliphatic rings. The number of nitriles is 1. The molecule has 8 nitrogen and oxygen atoms in total. The Balaban J connectivity index is 1.45. The second kappa shape index (κ2) is 9.55. The molecule has 146 valence electrons. The Kier molecular flexibility index (Phi) is 6.87. The third kappa shape index (κ3) is 5.57. The number of morpholine rings is 2. The zero-order valence-corrected chi connectivity index (χ0v) is 15.7. The van der Waals surface area contributed by atoms with Gasteiger partial charge in [-0.15, -0.1) is 0 Å². The van der Waals surface area contributed by atoms with E-state index in [-0.39, 0.29) is 18.2 Å². The lowest BCUT2D eigenvalue weighted by Crippen LogP contribution is -2.59. The van der Waals surface area contributed by atoms with E-state index in [1.54, 1.807) is 36.2 Å². The summed E-state index contributed by atoms with van der Waals surface area (Å²) in [5, 5.41) is 14.9. The number of carbonyl (C=O) groups is 1. The molecule has 0 saturated carbocycles. The summed E-state index contributed by atoms with van der Waals surface area (Å²) in [6.45, 7) is 5.94. The fourth-order valence-electron chi connectivity index (χ4n) is 3.46. The molecular weight excluding hydrogens is 346 g/mol. The molecule has 2 heterocycles. The average molecular weight is 373 g/mol. The second-order valence-corrected chi connectivity index (χ2v) is 6.82. The van der Waals surface area contributed by atoms with Crippen molar-refractivity contribution in [2.45, 2.75) is 12.2 Å². The van der Waals surface area contributed by atoms with Crippen LogP contribution in [0.15, 0.2) is 24.3 Å². The van der Waals surface area contributed by atoms with Crippen molar-refractivity contribution in [3.63, 3.8) is 0 Å². The molecule has 0 aromatic heterocycles. The first kappa shape index (κ1) is 19.4. The van der Waals surface area contributed by atoms with Crippen LogP contribution in [0.3, 0.4) is 0 Å². The SMILES string of the molecule is CNC(=O)N(CCOc1ccc(C#N)cc1)CCN1CC2CNCC(C1)O2. The minimum Gasteiger partial charge on any atom is -0.492 e. The maximum atomic E-state index is 12.2. The number of hydrogen-bond donors (Lipinski definition) is 2. The lowest BCUT2D eigenvalue weighted by molar-refractivity contribution is -0.103. The van der Waals surface area contributed by atoms with Crippen LogP contribution in [0.2, 0.25) is 0 Å². The van der Waals surface area contributed by atoms with Crippen LogP contribution in [-0.2, 0) is 4.74 Å². The summed E-state index contributed by atoms with van der Waals surface area (Å²) in [5.41, 5.74) is 0.597. The van der Waals surface area contributed by atoms with Gasteiger partial charge in [-0.3, -0.25) is 4.90 Å². The molecular formula is C19H27N5O3. The first-order valence-electron chi connectivity index (χ1n) is 9.36. The van der Waals surface area contributed by atoms with Crippen LogP contribution in [0.4, 0.5) is 4.79 Å². The largest absolute Gasteiger partial charge is 0.492 e. The molecule has 3 rings (SSSR count). The quantitative estimate of drug-likeness (QED) is 0.712. The molecule has 0 spiro atoms. The van der Waals surface area contributed by atoms with E-state index in [1.807, 2.05) is 0 Å². The standard InChI is InChI=1S/C19H27N5O3/c1-21-19(25)24(8-9-26-16-4-2-15(10-20)3-5-16)7-6-23-13-17-11-22-12-18(14-23)27-17/h2-5,17-18,22H,6-9,11-14H2,1H3,(H,21,25). The number of nitrogens with zero attached hydrogens (tertiary/aromatic N) is 3. The maximum absolute atomic E-state index is 12.2. The van der Waals surface area contributed by atoms with Gasteiger partial charge < -0.3 is 25.0 Å². The number of hydrogen-bond acceptors (Lipinski definition) is 6. The van der Waals surface area contributed by atoms with Crippen molar-refractivity contribution in [3.05, 3.63) is 29.8 Å². The number of ether oxygens (including phenoxy) is 2. The Labute approximate surface area is 160 Å². The summed E-state index contributed by atoms with van der Waals surface area (Å²) < 4.78 is 11.6. The molecule has 0 radical (unpaired) electrons. The van der Waals surface area contributed by atoms with Crippen LogP contribution in [0, 0.1) is 11.3 Å². The summed E-state index contributed by atoms with van der Waals surface area (Å²) in [4.78, 5) is 16.3. The van der Waals surface area contributed by atoms with Crippen molar-refractivity contribution in [3.8, 4) is 11.8 Å². The van der Waals surface area contributed by atoms with Crippen molar-refractivity contribution in [2.24, 2.45) is 0 Å². The van der Waals surface area contributed by atoms with E-state index < -0.39 is 0 Å². The molecule has 2 aliphatic heterocycles. The van der Waals surface area contributed by atoms with Crippen LogP contribution in [-0.4, -0.2) is 87.5 Å². The first-order valence-corrected chi connectivity index (χ1v) is 9.36. The number of nitrogens with one attached hydrogen (secondary N) is 2. The molecule has 2 amide bonds. The highest BCUT2D eigenvalue weighted by Gasteiger charge is 2.31. The Morgan fingerprint density at radius 2 is 2.04 bits per heavy atom. The Bertz CT molecular complexity index is 648. The van der Waals surface area contributed by atoms with Gasteiger partial charge in [0.2, 0.25) is 0 Å². The van der Waals surface area contributed by atoms with E-state index in [9.17, 15) is 4.79 Å². The molecule has 2 bridgehead atoms. The van der Waals surface area contributed by atoms with Gasteiger partial charge in [0, 0.05) is 46.3 Å².